The normalized spacial score (nSPS) is 14.2. The minimum Gasteiger partial charge on any atom is -0.497 e. The number of pyridine rings is 1. The lowest BCUT2D eigenvalue weighted by atomic mass is 10.0. The van der Waals surface area contributed by atoms with Crippen molar-refractivity contribution in [1.82, 2.24) is 14.8 Å². The Morgan fingerprint density at radius 1 is 0.838 bits per heavy atom. The van der Waals surface area contributed by atoms with Crippen LogP contribution in [0.15, 0.2) is 77.6 Å². The van der Waals surface area contributed by atoms with Crippen molar-refractivity contribution in [3.05, 3.63) is 100 Å². The van der Waals surface area contributed by atoms with Crippen LogP contribution in [0, 0.1) is 5.82 Å². The highest BCUT2D eigenvalue weighted by Crippen LogP contribution is 2.26. The molecule has 0 bridgehead atoms. The van der Waals surface area contributed by atoms with Crippen LogP contribution in [0.3, 0.4) is 0 Å². The summed E-state index contributed by atoms with van der Waals surface area (Å²) in [5.41, 5.74) is 4.88. The highest BCUT2D eigenvalue weighted by atomic mass is 19.1. The van der Waals surface area contributed by atoms with Crippen molar-refractivity contribution in [2.24, 2.45) is 0 Å². The number of aromatic nitrogens is 1. The summed E-state index contributed by atoms with van der Waals surface area (Å²) in [6.07, 6.45) is 3.75. The monoisotopic (exact) mass is 499 g/mol. The van der Waals surface area contributed by atoms with Crippen molar-refractivity contribution in [2.75, 3.05) is 26.7 Å². The van der Waals surface area contributed by atoms with Crippen molar-refractivity contribution in [3.63, 3.8) is 0 Å². The Morgan fingerprint density at radius 3 is 2.30 bits per heavy atom. The molecular weight excluding hydrogens is 465 g/mol. The Bertz CT molecular complexity index is 1390. The summed E-state index contributed by atoms with van der Waals surface area (Å²) in [7, 11) is 1.66. The molecule has 37 heavy (non-hydrogen) atoms. The van der Waals surface area contributed by atoms with Gasteiger partial charge in [-0.1, -0.05) is 42.8 Å². The summed E-state index contributed by atoms with van der Waals surface area (Å²) in [5, 5.41) is 4.42. The zero-order valence-corrected chi connectivity index (χ0v) is 21.4. The molecule has 0 spiro atoms. The van der Waals surface area contributed by atoms with Gasteiger partial charge in [-0.25, -0.2) is 4.39 Å². The molecular formula is C31H34FN3O2. The van der Waals surface area contributed by atoms with E-state index in [1.54, 1.807) is 19.2 Å². The number of ether oxygens (including phenoxy) is 1. The first kappa shape index (κ1) is 25.2. The standard InChI is InChI=1S/C31H34FN3O2/c1-37-29-13-9-24(10-14-29)25-7-8-26-19-27(22-33-21-23-5-11-28(32)12-6-23)31(36)35(30(26)20-25)18-17-34-15-3-2-4-16-34/h5-14,19-20,33H,2-4,15-18,21-22H2,1H3. The van der Waals surface area contributed by atoms with Crippen LogP contribution in [0.2, 0.25) is 0 Å². The smallest absolute Gasteiger partial charge is 0.255 e. The van der Waals surface area contributed by atoms with Crippen LogP contribution in [0.25, 0.3) is 22.0 Å². The number of likely N-dealkylation sites (tertiary alicyclic amines) is 1. The SMILES string of the molecule is COc1ccc(-c2ccc3cc(CNCc4ccc(F)cc4)c(=O)n(CCN4CCCCC4)c3c2)cc1. The fourth-order valence-electron chi connectivity index (χ4n) is 5.11. The van der Waals surface area contributed by atoms with Crippen LogP contribution < -0.4 is 15.6 Å². The van der Waals surface area contributed by atoms with Gasteiger partial charge in [0.1, 0.15) is 11.6 Å². The maximum atomic E-state index is 13.7. The van der Waals surface area contributed by atoms with Crippen molar-refractivity contribution in [2.45, 2.75) is 38.9 Å². The third-order valence-corrected chi connectivity index (χ3v) is 7.24. The highest BCUT2D eigenvalue weighted by molar-refractivity contribution is 5.85. The van der Waals surface area contributed by atoms with Gasteiger partial charge in [-0.3, -0.25) is 4.79 Å². The van der Waals surface area contributed by atoms with E-state index in [4.69, 9.17) is 4.74 Å². The first-order valence-electron chi connectivity index (χ1n) is 13.1. The average molecular weight is 500 g/mol. The number of rotatable bonds is 9. The van der Waals surface area contributed by atoms with E-state index in [0.29, 0.717) is 19.6 Å². The van der Waals surface area contributed by atoms with Gasteiger partial charge in [0.25, 0.3) is 5.56 Å². The van der Waals surface area contributed by atoms with Gasteiger partial charge in [0.2, 0.25) is 0 Å². The van der Waals surface area contributed by atoms with Gasteiger partial charge in [-0.15, -0.1) is 0 Å². The molecule has 1 fully saturated rings. The lowest BCUT2D eigenvalue weighted by molar-refractivity contribution is 0.221. The summed E-state index contributed by atoms with van der Waals surface area (Å²) in [6.45, 7) is 4.75. The Morgan fingerprint density at radius 2 is 1.57 bits per heavy atom. The second-order valence-electron chi connectivity index (χ2n) is 9.76. The number of hydrogen-bond acceptors (Lipinski definition) is 4. The molecule has 2 heterocycles. The maximum absolute atomic E-state index is 13.7. The minimum absolute atomic E-state index is 0.0444. The number of fused-ring (bicyclic) bond motifs is 1. The van der Waals surface area contributed by atoms with Gasteiger partial charge in [0.15, 0.2) is 0 Å². The second-order valence-corrected chi connectivity index (χ2v) is 9.76. The average Bonchev–Trinajstić information content (AvgIpc) is 2.94. The predicted octanol–water partition coefficient (Wildman–Crippen LogP) is 5.59. The molecule has 0 radical (unpaired) electrons. The van der Waals surface area contributed by atoms with Gasteiger partial charge in [0.05, 0.1) is 12.6 Å². The molecule has 4 aromatic rings. The predicted molar refractivity (Wildman–Crippen MR) is 147 cm³/mol. The molecule has 0 amide bonds. The Kier molecular flexibility index (Phi) is 7.97. The molecule has 1 aromatic heterocycles. The van der Waals surface area contributed by atoms with Gasteiger partial charge < -0.3 is 19.5 Å². The summed E-state index contributed by atoms with van der Waals surface area (Å²) in [4.78, 5) is 16.2. The number of hydrogen-bond donors (Lipinski definition) is 1. The van der Waals surface area contributed by atoms with Gasteiger partial charge in [-0.05, 0) is 84.4 Å². The lowest BCUT2D eigenvalue weighted by Gasteiger charge is -2.27. The molecule has 0 aliphatic carbocycles. The topological polar surface area (TPSA) is 46.5 Å². The molecule has 6 heteroatoms. The minimum atomic E-state index is -0.246. The first-order valence-corrected chi connectivity index (χ1v) is 13.1. The number of nitrogens with one attached hydrogen (secondary N) is 1. The molecule has 0 atom stereocenters. The van der Waals surface area contributed by atoms with Crippen LogP contribution in [0.1, 0.15) is 30.4 Å². The van der Waals surface area contributed by atoms with Gasteiger partial charge in [0, 0.05) is 31.7 Å². The molecule has 3 aromatic carbocycles. The number of halogens is 1. The molecule has 1 aliphatic rings. The summed E-state index contributed by atoms with van der Waals surface area (Å²) in [5.74, 6) is 0.574. The molecule has 1 saturated heterocycles. The molecule has 0 unspecified atom stereocenters. The summed E-state index contributed by atoms with van der Waals surface area (Å²) < 4.78 is 20.5. The Balaban J connectivity index is 1.44. The number of piperidine rings is 1. The number of methoxy groups -OCH3 is 1. The van der Waals surface area contributed by atoms with E-state index in [9.17, 15) is 9.18 Å². The van der Waals surface area contributed by atoms with Crippen LogP contribution in [0.5, 0.6) is 5.75 Å². The molecule has 0 saturated carbocycles. The summed E-state index contributed by atoms with van der Waals surface area (Å²) >= 11 is 0. The second kappa shape index (κ2) is 11.7. The van der Waals surface area contributed by atoms with Crippen molar-refractivity contribution < 1.29 is 9.13 Å². The van der Waals surface area contributed by atoms with E-state index < -0.39 is 0 Å². The summed E-state index contributed by atoms with van der Waals surface area (Å²) in [6, 6.07) is 22.8. The van der Waals surface area contributed by atoms with Crippen LogP contribution in [-0.2, 0) is 19.6 Å². The maximum Gasteiger partial charge on any atom is 0.255 e. The zero-order chi connectivity index (χ0) is 25.6. The molecule has 1 aliphatic heterocycles. The molecule has 5 nitrogen and oxygen atoms in total. The van der Waals surface area contributed by atoms with Gasteiger partial charge in [-0.2, -0.15) is 0 Å². The fourth-order valence-corrected chi connectivity index (χ4v) is 5.11. The molecule has 5 rings (SSSR count). The van der Waals surface area contributed by atoms with E-state index in [-0.39, 0.29) is 11.4 Å². The van der Waals surface area contributed by atoms with Crippen molar-refractivity contribution in [1.29, 1.82) is 0 Å². The van der Waals surface area contributed by atoms with E-state index in [1.165, 1.54) is 31.4 Å². The number of benzene rings is 3. The Labute approximate surface area is 217 Å². The first-order chi connectivity index (χ1) is 18.1. The van der Waals surface area contributed by atoms with Crippen LogP contribution in [-0.4, -0.2) is 36.2 Å². The van der Waals surface area contributed by atoms with Gasteiger partial charge >= 0.3 is 0 Å². The third-order valence-electron chi connectivity index (χ3n) is 7.24. The fraction of sp³-hybridized carbons (Fsp3) is 0.323. The zero-order valence-electron chi connectivity index (χ0n) is 21.4. The quantitative estimate of drug-likeness (QED) is 0.326. The highest BCUT2D eigenvalue weighted by Gasteiger charge is 2.14. The largest absolute Gasteiger partial charge is 0.497 e. The van der Waals surface area contributed by atoms with E-state index in [0.717, 1.165) is 58.5 Å². The Hall–Kier alpha value is -3.48. The third kappa shape index (κ3) is 6.09. The van der Waals surface area contributed by atoms with Crippen molar-refractivity contribution in [3.8, 4) is 16.9 Å². The van der Waals surface area contributed by atoms with Crippen LogP contribution >= 0.6 is 0 Å². The molecule has 192 valence electrons. The lowest BCUT2D eigenvalue weighted by Crippen LogP contribution is -2.36. The van der Waals surface area contributed by atoms with Crippen molar-refractivity contribution >= 4 is 10.9 Å². The molecule has 1 N–H and O–H groups in total. The van der Waals surface area contributed by atoms with Crippen LogP contribution in [0.4, 0.5) is 4.39 Å². The van der Waals surface area contributed by atoms with E-state index in [1.807, 2.05) is 34.9 Å². The number of nitrogens with zero attached hydrogens (tertiary/aromatic N) is 2. The van der Waals surface area contributed by atoms with E-state index in [2.05, 4.69) is 28.4 Å². The van der Waals surface area contributed by atoms with E-state index >= 15 is 0 Å².